The van der Waals surface area contributed by atoms with Crippen LogP contribution in [0.1, 0.15) is 41.6 Å². The Morgan fingerprint density at radius 3 is 2.48 bits per heavy atom. The zero-order valence-electron chi connectivity index (χ0n) is 12.6. The van der Waals surface area contributed by atoms with Gasteiger partial charge in [0.25, 0.3) is 5.91 Å². The van der Waals surface area contributed by atoms with E-state index in [4.69, 9.17) is 0 Å². The molecule has 0 N–H and O–H groups in total. The quantitative estimate of drug-likeness (QED) is 0.815. The maximum absolute atomic E-state index is 12.7. The molecule has 1 aromatic carbocycles. The minimum atomic E-state index is 0.164. The number of halogens is 1. The maximum atomic E-state index is 12.7. The van der Waals surface area contributed by atoms with Crippen molar-refractivity contribution in [2.24, 2.45) is 0 Å². The minimum Gasteiger partial charge on any atom is -0.336 e. The van der Waals surface area contributed by atoms with Crippen molar-refractivity contribution >= 4 is 21.8 Å². The van der Waals surface area contributed by atoms with Crippen LogP contribution in [0.4, 0.5) is 0 Å². The van der Waals surface area contributed by atoms with Crippen molar-refractivity contribution in [3.8, 4) is 0 Å². The highest BCUT2D eigenvalue weighted by molar-refractivity contribution is 9.10. The van der Waals surface area contributed by atoms with Gasteiger partial charge in [0, 0.05) is 36.7 Å². The predicted molar refractivity (Wildman–Crippen MR) is 88.6 cm³/mol. The molecule has 2 fully saturated rings. The number of hydrogen-bond acceptors (Lipinski definition) is 2. The first-order valence-corrected chi connectivity index (χ1v) is 8.74. The molecule has 0 unspecified atom stereocenters. The number of rotatable bonds is 2. The summed E-state index contributed by atoms with van der Waals surface area (Å²) in [5.41, 5.74) is 1.93. The molecule has 0 spiro atoms. The van der Waals surface area contributed by atoms with Crippen LogP contribution in [0.3, 0.4) is 0 Å². The molecule has 1 aromatic rings. The molecule has 0 atom stereocenters. The smallest absolute Gasteiger partial charge is 0.255 e. The number of aryl methyl sites for hydroxylation is 1. The van der Waals surface area contributed by atoms with E-state index >= 15 is 0 Å². The molecule has 0 aromatic heterocycles. The molecule has 0 bridgehead atoms. The van der Waals surface area contributed by atoms with Crippen LogP contribution in [0.25, 0.3) is 0 Å². The van der Waals surface area contributed by atoms with Crippen LogP contribution in [-0.2, 0) is 0 Å². The third-order valence-electron chi connectivity index (χ3n) is 4.79. The number of benzene rings is 1. The van der Waals surface area contributed by atoms with Crippen molar-refractivity contribution in [3.63, 3.8) is 0 Å². The van der Waals surface area contributed by atoms with E-state index in [1.54, 1.807) is 0 Å². The van der Waals surface area contributed by atoms with Crippen molar-refractivity contribution in [3.05, 3.63) is 33.8 Å². The van der Waals surface area contributed by atoms with E-state index in [1.807, 2.05) is 30.0 Å². The van der Waals surface area contributed by atoms with Crippen molar-refractivity contribution in [2.45, 2.75) is 38.6 Å². The van der Waals surface area contributed by atoms with Gasteiger partial charge in [-0.05, 0) is 47.8 Å². The average molecular weight is 351 g/mol. The van der Waals surface area contributed by atoms with Crippen LogP contribution in [0.2, 0.25) is 0 Å². The standard InChI is InChI=1S/C17H23BrN2O/c1-13-6-7-16(18)15(12-13)17(21)20-10-8-19(9-11-20)14-4-2-3-5-14/h6-7,12,14H,2-5,8-11H2,1H3. The van der Waals surface area contributed by atoms with Crippen LogP contribution in [0, 0.1) is 6.92 Å². The van der Waals surface area contributed by atoms with E-state index in [9.17, 15) is 4.79 Å². The molecule has 1 aliphatic carbocycles. The summed E-state index contributed by atoms with van der Waals surface area (Å²) in [5, 5.41) is 0. The summed E-state index contributed by atoms with van der Waals surface area (Å²) in [6.45, 7) is 5.80. The van der Waals surface area contributed by atoms with Gasteiger partial charge in [0.1, 0.15) is 0 Å². The van der Waals surface area contributed by atoms with Gasteiger partial charge in [0.05, 0.1) is 5.56 Å². The Hall–Kier alpha value is -0.870. The molecule has 21 heavy (non-hydrogen) atoms. The van der Waals surface area contributed by atoms with Crippen molar-refractivity contribution in [1.82, 2.24) is 9.80 Å². The van der Waals surface area contributed by atoms with Gasteiger partial charge < -0.3 is 4.90 Å². The average Bonchev–Trinajstić information content (AvgIpc) is 3.03. The maximum Gasteiger partial charge on any atom is 0.255 e. The molecular weight excluding hydrogens is 328 g/mol. The van der Waals surface area contributed by atoms with Crippen LogP contribution >= 0.6 is 15.9 Å². The first-order chi connectivity index (χ1) is 10.1. The minimum absolute atomic E-state index is 0.164. The number of carbonyl (C=O) groups is 1. The van der Waals surface area contributed by atoms with Crippen molar-refractivity contribution < 1.29 is 4.79 Å². The Bertz CT molecular complexity index is 518. The number of amides is 1. The number of carbonyl (C=O) groups excluding carboxylic acids is 1. The molecule has 4 heteroatoms. The van der Waals surface area contributed by atoms with Gasteiger partial charge in [-0.25, -0.2) is 0 Å². The summed E-state index contributed by atoms with van der Waals surface area (Å²) in [6.07, 6.45) is 5.44. The molecule has 1 heterocycles. The summed E-state index contributed by atoms with van der Waals surface area (Å²) in [6, 6.07) is 6.75. The number of nitrogens with zero attached hydrogens (tertiary/aromatic N) is 2. The molecule has 2 aliphatic rings. The Morgan fingerprint density at radius 1 is 1.14 bits per heavy atom. The van der Waals surface area contributed by atoms with Crippen molar-refractivity contribution in [1.29, 1.82) is 0 Å². The Labute approximate surface area is 135 Å². The molecule has 114 valence electrons. The SMILES string of the molecule is Cc1ccc(Br)c(C(=O)N2CCN(C3CCCC3)CC2)c1. The number of piperazine rings is 1. The third-order valence-corrected chi connectivity index (χ3v) is 5.49. The zero-order valence-corrected chi connectivity index (χ0v) is 14.2. The van der Waals surface area contributed by atoms with Gasteiger partial charge in [-0.2, -0.15) is 0 Å². The van der Waals surface area contributed by atoms with Crippen LogP contribution in [-0.4, -0.2) is 47.9 Å². The lowest BCUT2D eigenvalue weighted by molar-refractivity contribution is 0.0572. The zero-order chi connectivity index (χ0) is 14.8. The lowest BCUT2D eigenvalue weighted by Crippen LogP contribution is -2.51. The largest absolute Gasteiger partial charge is 0.336 e. The Balaban J connectivity index is 1.63. The normalized spacial score (nSPS) is 21.0. The molecule has 1 saturated carbocycles. The predicted octanol–water partition coefficient (Wildman–Crippen LogP) is 3.46. The van der Waals surface area contributed by atoms with Crippen molar-refractivity contribution in [2.75, 3.05) is 26.2 Å². The lowest BCUT2D eigenvalue weighted by atomic mass is 10.1. The highest BCUT2D eigenvalue weighted by atomic mass is 79.9. The molecule has 1 saturated heterocycles. The van der Waals surface area contributed by atoms with Gasteiger partial charge >= 0.3 is 0 Å². The van der Waals surface area contributed by atoms with E-state index in [1.165, 1.54) is 25.7 Å². The van der Waals surface area contributed by atoms with Gasteiger partial charge in [-0.15, -0.1) is 0 Å². The fourth-order valence-corrected chi connectivity index (χ4v) is 3.95. The second-order valence-electron chi connectivity index (χ2n) is 6.25. The Morgan fingerprint density at radius 2 is 1.81 bits per heavy atom. The lowest BCUT2D eigenvalue weighted by Gasteiger charge is -2.38. The fourth-order valence-electron chi connectivity index (χ4n) is 3.53. The third kappa shape index (κ3) is 3.32. The summed E-state index contributed by atoms with van der Waals surface area (Å²) in [7, 11) is 0. The fraction of sp³-hybridized carbons (Fsp3) is 0.588. The summed E-state index contributed by atoms with van der Waals surface area (Å²) in [4.78, 5) is 17.3. The van der Waals surface area contributed by atoms with Crippen LogP contribution in [0.5, 0.6) is 0 Å². The van der Waals surface area contributed by atoms with Gasteiger partial charge in [0.2, 0.25) is 0 Å². The topological polar surface area (TPSA) is 23.6 Å². The first kappa shape index (κ1) is 15.0. The monoisotopic (exact) mass is 350 g/mol. The van der Waals surface area contributed by atoms with Crippen LogP contribution < -0.4 is 0 Å². The molecule has 0 radical (unpaired) electrons. The van der Waals surface area contributed by atoms with E-state index < -0.39 is 0 Å². The summed E-state index contributed by atoms with van der Waals surface area (Å²) < 4.78 is 0.899. The molecular formula is C17H23BrN2O. The van der Waals surface area contributed by atoms with E-state index in [2.05, 4.69) is 20.8 Å². The molecule has 1 amide bonds. The van der Waals surface area contributed by atoms with Gasteiger partial charge in [-0.3, -0.25) is 9.69 Å². The van der Waals surface area contributed by atoms with E-state index in [0.717, 1.165) is 47.8 Å². The second kappa shape index (κ2) is 6.49. The van der Waals surface area contributed by atoms with Gasteiger partial charge in [0.15, 0.2) is 0 Å². The van der Waals surface area contributed by atoms with Gasteiger partial charge in [-0.1, -0.05) is 24.5 Å². The number of hydrogen-bond donors (Lipinski definition) is 0. The highest BCUT2D eigenvalue weighted by Gasteiger charge is 2.28. The summed E-state index contributed by atoms with van der Waals surface area (Å²) >= 11 is 3.51. The van der Waals surface area contributed by atoms with E-state index in [0.29, 0.717) is 0 Å². The molecule has 1 aliphatic heterocycles. The second-order valence-corrected chi connectivity index (χ2v) is 7.10. The van der Waals surface area contributed by atoms with E-state index in [-0.39, 0.29) is 5.91 Å². The summed E-state index contributed by atoms with van der Waals surface area (Å²) in [5.74, 6) is 0.164. The first-order valence-electron chi connectivity index (χ1n) is 7.94. The highest BCUT2D eigenvalue weighted by Crippen LogP contribution is 2.25. The molecule has 3 nitrogen and oxygen atoms in total. The van der Waals surface area contributed by atoms with Crippen LogP contribution in [0.15, 0.2) is 22.7 Å². The Kier molecular flexibility index (Phi) is 4.65. The molecule has 3 rings (SSSR count).